The lowest BCUT2D eigenvalue weighted by Gasteiger charge is -2.26. The van der Waals surface area contributed by atoms with E-state index in [-0.39, 0.29) is 176 Å². The summed E-state index contributed by atoms with van der Waals surface area (Å²) >= 11 is 0. The molecule has 6 aromatic carbocycles. The Morgan fingerprint density at radius 3 is 0.683 bits per heavy atom. The highest BCUT2D eigenvalue weighted by molar-refractivity contribution is 5.93. The van der Waals surface area contributed by atoms with E-state index in [2.05, 4.69) is 21.3 Å². The largest absolute Gasteiger partial charge is 0.484 e. The molecule has 0 aliphatic heterocycles. The summed E-state index contributed by atoms with van der Waals surface area (Å²) in [6, 6.07) is 39.1. The number of amides is 6. The van der Waals surface area contributed by atoms with Gasteiger partial charge in [-0.25, -0.2) is 24.0 Å². The van der Waals surface area contributed by atoms with E-state index in [1.54, 1.807) is 144 Å². The first kappa shape index (κ1) is 119. The molecule has 6 aromatic rings. The Balaban J connectivity index is 0.000000512. The van der Waals surface area contributed by atoms with Crippen molar-refractivity contribution in [2.45, 2.75) is 151 Å². The molecule has 6 amide bonds. The van der Waals surface area contributed by atoms with Crippen LogP contribution in [0.4, 0.5) is 0 Å². The van der Waals surface area contributed by atoms with Crippen LogP contribution < -0.4 is 49.7 Å². The number of nitrogens with one attached hydrogen (secondary N) is 4. The summed E-state index contributed by atoms with van der Waals surface area (Å²) in [5.41, 5.74) is -0.806. The first-order chi connectivity index (χ1) is 67.0. The standard InChI is InChI=1S/C52H76N4O18.C28H34N2O12.C18H16O8/c1-49(2,3)71-44(61)29-55(30-45(62)72-50(4,5)6)42(59)18-22-66-24-20-53-40(57)34-68-38-26-37(48(65)70-33-36-16-14-13-15-17-36)27-39(28-38)69-35-41(58)54-21-25-67-23-19-43(60)56(31-46(63)73-51(7,8)9)32-47(64)74-52(10,11)12;31-24(29-8-12-38-10-6-26(33)34)18-40-22-14-21(28(37)42-17-20-4-2-1-3-5-20)15-23(16-22)41-19-25(32)30-9-13-39-11-7-27(35)36;19-16(20)10-24-14-6-13(7-15(8-14)25-11-17(21)22)18(23)26-9-12-4-2-1-3-5-12/h13-17,26-28H,18-25,29-35H2,1-12H3,(H,53,57)(H,54,58);1-5,14-16H,6-13,17-19H2,(H,29,31)(H,30,32)(H,33,34)(H,35,36);1-8H,9-11H2,(H,19,20)(H,21,22). The molecule has 0 aromatic heterocycles. The number of benzene rings is 6. The van der Waals surface area contributed by atoms with Crippen LogP contribution in [0.25, 0.3) is 0 Å². The van der Waals surface area contributed by atoms with E-state index in [9.17, 15) is 81.5 Å². The Hall–Kier alpha value is -15.1. The number of aliphatic carboxylic acids is 4. The minimum Gasteiger partial charge on any atom is -0.484 e. The summed E-state index contributed by atoms with van der Waals surface area (Å²) in [4.78, 5) is 208. The third kappa shape index (κ3) is 58.0. The van der Waals surface area contributed by atoms with Crippen LogP contribution in [0, 0.1) is 0 Å². The molecule has 0 fully saturated rings. The number of carbonyl (C=O) groups excluding carboxylic acids is 13. The third-order valence-electron chi connectivity index (χ3n) is 17.0. The molecule has 0 heterocycles. The van der Waals surface area contributed by atoms with Gasteiger partial charge < -0.3 is 132 Å². The van der Waals surface area contributed by atoms with Crippen LogP contribution in [0.15, 0.2) is 146 Å². The Labute approximate surface area is 820 Å². The summed E-state index contributed by atoms with van der Waals surface area (Å²) in [6.45, 7) is 15.7. The van der Waals surface area contributed by atoms with E-state index in [4.69, 9.17) is 101 Å². The van der Waals surface area contributed by atoms with E-state index in [1.165, 1.54) is 54.6 Å². The first-order valence-corrected chi connectivity index (χ1v) is 44.6. The number of carboxylic acids is 4. The number of esters is 7. The van der Waals surface area contributed by atoms with Crippen molar-refractivity contribution >= 4 is 101 Å². The van der Waals surface area contributed by atoms with Crippen molar-refractivity contribution in [2.75, 3.05) is 145 Å². The van der Waals surface area contributed by atoms with E-state index >= 15 is 0 Å². The second-order valence-corrected chi connectivity index (χ2v) is 34.3. The van der Waals surface area contributed by atoms with Crippen molar-refractivity contribution in [3.63, 3.8) is 0 Å². The van der Waals surface area contributed by atoms with Gasteiger partial charge in [0.2, 0.25) is 11.8 Å². The molecule has 0 saturated carbocycles. The molecule has 776 valence electrons. The quantitative estimate of drug-likeness (QED) is 0.0110. The molecule has 44 heteroatoms. The van der Waals surface area contributed by atoms with E-state index in [1.807, 2.05) is 30.3 Å². The van der Waals surface area contributed by atoms with Gasteiger partial charge in [-0.1, -0.05) is 91.0 Å². The fourth-order valence-electron chi connectivity index (χ4n) is 11.1. The molecule has 0 saturated heterocycles. The summed E-state index contributed by atoms with van der Waals surface area (Å²) in [6.07, 6.45) is -0.651. The Bertz CT molecular complexity index is 4810. The fourth-order valence-corrected chi connectivity index (χ4v) is 11.1. The molecule has 0 radical (unpaired) electrons. The number of hydrogen-bond donors (Lipinski definition) is 8. The summed E-state index contributed by atoms with van der Waals surface area (Å²) < 4.78 is 91.0. The highest BCUT2D eigenvalue weighted by Gasteiger charge is 2.30. The first-order valence-electron chi connectivity index (χ1n) is 44.6. The lowest BCUT2D eigenvalue weighted by molar-refractivity contribution is -0.165. The van der Waals surface area contributed by atoms with Gasteiger partial charge in [-0.05, 0) is 136 Å². The Kier molecular flexibility index (Phi) is 53.3. The maximum atomic E-state index is 13.2. The topological polar surface area (TPSA) is 583 Å². The predicted octanol–water partition coefficient (Wildman–Crippen LogP) is 6.86. The number of nitrogens with zero attached hydrogens (tertiary/aromatic N) is 2. The average molecular weight is 2000 g/mol. The minimum atomic E-state index is -1.20. The number of ether oxygens (including phenoxy) is 17. The second-order valence-electron chi connectivity index (χ2n) is 34.3. The molecule has 142 heavy (non-hydrogen) atoms. The van der Waals surface area contributed by atoms with Crippen molar-refractivity contribution in [3.8, 4) is 34.5 Å². The van der Waals surface area contributed by atoms with Crippen LogP contribution in [0.5, 0.6) is 34.5 Å². The van der Waals surface area contributed by atoms with Crippen LogP contribution in [0.2, 0.25) is 0 Å². The predicted molar refractivity (Wildman–Crippen MR) is 500 cm³/mol. The average Bonchev–Trinajstić information content (AvgIpc) is 0.850. The van der Waals surface area contributed by atoms with Gasteiger partial charge in [0, 0.05) is 44.4 Å². The molecular formula is C98H126N6O38. The lowest BCUT2D eigenvalue weighted by Crippen LogP contribution is -2.43. The zero-order chi connectivity index (χ0) is 105. The van der Waals surface area contributed by atoms with Crippen molar-refractivity contribution in [1.29, 1.82) is 0 Å². The maximum absolute atomic E-state index is 13.2. The van der Waals surface area contributed by atoms with Gasteiger partial charge in [-0.2, -0.15) is 0 Å². The molecule has 0 aliphatic carbocycles. The van der Waals surface area contributed by atoms with Crippen LogP contribution in [0.3, 0.4) is 0 Å². The SMILES string of the molecule is CC(C)(C)OC(=O)CN(CC(=O)OC(C)(C)C)C(=O)CCOCCNC(=O)COc1cc(OCC(=O)NCCOCCC(=O)N(CC(=O)OC(C)(C)C)CC(=O)OC(C)(C)C)cc(C(=O)OCc2ccccc2)c1.O=C(O)CCOCCNC(=O)COc1cc(OCC(=O)NCCOCCC(=O)O)cc(C(=O)OCc2ccccc2)c1.O=C(O)COc1cc(OCC(=O)O)cc(C(=O)OCc2ccccc2)c1. The van der Waals surface area contributed by atoms with Crippen molar-refractivity contribution < 1.29 is 182 Å². The Morgan fingerprint density at radius 1 is 0.268 bits per heavy atom. The highest BCUT2D eigenvalue weighted by Crippen LogP contribution is 2.28. The smallest absolute Gasteiger partial charge is 0.341 e. The number of rotatable bonds is 59. The normalized spacial score (nSPS) is 10.9. The molecule has 44 nitrogen and oxygen atoms in total. The molecule has 0 bridgehead atoms. The van der Waals surface area contributed by atoms with E-state index in [0.29, 0.717) is 0 Å². The van der Waals surface area contributed by atoms with Gasteiger partial charge >= 0.3 is 65.7 Å². The van der Waals surface area contributed by atoms with Crippen LogP contribution in [0.1, 0.15) is 157 Å². The van der Waals surface area contributed by atoms with Gasteiger partial charge in [0.05, 0.1) is 95.2 Å². The van der Waals surface area contributed by atoms with Gasteiger partial charge in [-0.3, -0.25) is 57.5 Å². The number of carboxylic acid groups (broad SMARTS) is 4. The second kappa shape index (κ2) is 63.5. The lowest BCUT2D eigenvalue weighted by atomic mass is 10.2. The summed E-state index contributed by atoms with van der Waals surface area (Å²) in [5.74, 6) is -12.1. The van der Waals surface area contributed by atoms with Crippen LogP contribution in [-0.2, 0) is 139 Å². The zero-order valence-corrected chi connectivity index (χ0v) is 81.4. The van der Waals surface area contributed by atoms with Crippen molar-refractivity contribution in [2.24, 2.45) is 0 Å². The van der Waals surface area contributed by atoms with Gasteiger partial charge in [0.25, 0.3) is 23.6 Å². The third-order valence-corrected chi connectivity index (χ3v) is 17.0. The highest BCUT2D eigenvalue weighted by atomic mass is 16.6. The molecule has 0 spiro atoms. The molecular weight excluding hydrogens is 1870 g/mol. The molecule has 6 rings (SSSR count). The molecule has 8 N–H and O–H groups in total. The summed E-state index contributed by atoms with van der Waals surface area (Å²) in [7, 11) is 0. The van der Waals surface area contributed by atoms with E-state index < -0.39 is 189 Å². The minimum absolute atomic E-state index is 0.000750. The fraction of sp³-hybridized carbons (Fsp3) is 0.459. The molecule has 0 atom stereocenters. The zero-order valence-electron chi connectivity index (χ0n) is 81.4. The summed E-state index contributed by atoms with van der Waals surface area (Å²) in [5, 5.41) is 44.9. The van der Waals surface area contributed by atoms with Crippen LogP contribution in [-0.4, -0.2) is 299 Å². The number of hydrogen-bond acceptors (Lipinski definition) is 34. The maximum Gasteiger partial charge on any atom is 0.341 e. The molecule has 0 unspecified atom stereocenters. The Morgan fingerprint density at radius 2 is 0.479 bits per heavy atom. The van der Waals surface area contributed by atoms with Gasteiger partial charge in [-0.15, -0.1) is 0 Å². The van der Waals surface area contributed by atoms with Crippen molar-refractivity contribution in [1.82, 2.24) is 31.1 Å². The monoisotopic (exact) mass is 1990 g/mol. The molecule has 0 aliphatic rings. The van der Waals surface area contributed by atoms with Crippen molar-refractivity contribution in [3.05, 3.63) is 179 Å². The van der Waals surface area contributed by atoms with Crippen LogP contribution >= 0.6 is 0 Å². The van der Waals surface area contributed by atoms with Gasteiger partial charge in [0.1, 0.15) is 103 Å². The van der Waals surface area contributed by atoms with Gasteiger partial charge in [0.15, 0.2) is 39.6 Å². The number of carbonyl (C=O) groups is 17. The van der Waals surface area contributed by atoms with E-state index in [0.717, 1.165) is 26.5 Å².